The zero-order chi connectivity index (χ0) is 19.2. The first kappa shape index (κ1) is 19.0. The summed E-state index contributed by atoms with van der Waals surface area (Å²) in [6.45, 7) is 0. The van der Waals surface area contributed by atoms with Crippen LogP contribution in [-0.2, 0) is 0 Å². The maximum Gasteiger partial charge on any atom is 0.255 e. The third-order valence-corrected chi connectivity index (χ3v) is 4.75. The van der Waals surface area contributed by atoms with Crippen LogP contribution in [0.15, 0.2) is 42.5 Å². The van der Waals surface area contributed by atoms with Crippen molar-refractivity contribution in [3.05, 3.63) is 65.2 Å². The summed E-state index contributed by atoms with van der Waals surface area (Å²) in [5.41, 5.74) is 0.817. The van der Waals surface area contributed by atoms with E-state index in [1.54, 1.807) is 18.2 Å². The van der Waals surface area contributed by atoms with Crippen molar-refractivity contribution < 1.29 is 18.4 Å². The van der Waals surface area contributed by atoms with Crippen molar-refractivity contribution in [3.8, 4) is 0 Å². The summed E-state index contributed by atoms with van der Waals surface area (Å²) in [5.74, 6) is -2.72. The molecule has 1 aliphatic rings. The molecule has 2 N–H and O–H groups in total. The lowest BCUT2D eigenvalue weighted by molar-refractivity contribution is 0.0933. The Labute approximate surface area is 157 Å². The van der Waals surface area contributed by atoms with E-state index in [4.69, 9.17) is 0 Å². The number of carbonyl (C=O) groups excluding carboxylic acids is 2. The molecule has 1 aliphatic carbocycles. The van der Waals surface area contributed by atoms with Crippen molar-refractivity contribution in [2.24, 2.45) is 0 Å². The molecular formula is C21H22F2N2O2. The summed E-state index contributed by atoms with van der Waals surface area (Å²) in [6, 6.07) is 9.65. The van der Waals surface area contributed by atoms with Gasteiger partial charge in [0.1, 0.15) is 0 Å². The van der Waals surface area contributed by atoms with Crippen LogP contribution in [0, 0.1) is 11.6 Å². The molecule has 0 radical (unpaired) electrons. The minimum Gasteiger partial charge on any atom is -0.349 e. The van der Waals surface area contributed by atoms with Crippen molar-refractivity contribution in [3.63, 3.8) is 0 Å². The highest BCUT2D eigenvalue weighted by Crippen LogP contribution is 2.18. The molecule has 2 amide bonds. The Balaban J connectivity index is 1.67. The summed E-state index contributed by atoms with van der Waals surface area (Å²) in [6.07, 6.45) is 6.57. The second-order valence-electron chi connectivity index (χ2n) is 6.83. The third-order valence-electron chi connectivity index (χ3n) is 4.75. The van der Waals surface area contributed by atoms with E-state index in [0.717, 1.165) is 37.8 Å². The Morgan fingerprint density at radius 3 is 2.15 bits per heavy atom. The summed E-state index contributed by atoms with van der Waals surface area (Å²) in [7, 11) is 0. The van der Waals surface area contributed by atoms with Crippen LogP contribution in [0.3, 0.4) is 0 Å². The molecule has 0 spiro atoms. The number of hydrogen-bond donors (Lipinski definition) is 2. The molecule has 0 heterocycles. The van der Waals surface area contributed by atoms with E-state index in [-0.39, 0.29) is 23.2 Å². The highest BCUT2D eigenvalue weighted by atomic mass is 19.2. The van der Waals surface area contributed by atoms with Crippen LogP contribution in [0.2, 0.25) is 0 Å². The Morgan fingerprint density at radius 1 is 0.815 bits per heavy atom. The predicted molar refractivity (Wildman–Crippen MR) is 99.7 cm³/mol. The molecule has 27 heavy (non-hydrogen) atoms. The Morgan fingerprint density at radius 2 is 1.48 bits per heavy atom. The highest BCUT2D eigenvalue weighted by Gasteiger charge is 2.17. The Bertz CT molecular complexity index is 831. The summed E-state index contributed by atoms with van der Waals surface area (Å²) in [5, 5.41) is 5.55. The van der Waals surface area contributed by atoms with Crippen LogP contribution >= 0.6 is 0 Å². The van der Waals surface area contributed by atoms with Crippen molar-refractivity contribution >= 4 is 17.5 Å². The molecule has 0 unspecified atom stereocenters. The molecule has 4 nitrogen and oxygen atoms in total. The molecule has 2 aromatic carbocycles. The average molecular weight is 372 g/mol. The van der Waals surface area contributed by atoms with Crippen molar-refractivity contribution in [2.45, 2.75) is 44.6 Å². The number of nitrogens with one attached hydrogen (secondary N) is 2. The van der Waals surface area contributed by atoms with E-state index in [9.17, 15) is 18.4 Å². The molecule has 0 saturated heterocycles. The molecule has 0 bridgehead atoms. The molecule has 2 aromatic rings. The first-order valence-corrected chi connectivity index (χ1v) is 9.20. The van der Waals surface area contributed by atoms with Gasteiger partial charge >= 0.3 is 0 Å². The van der Waals surface area contributed by atoms with Crippen molar-refractivity contribution in [1.82, 2.24) is 5.32 Å². The molecule has 3 rings (SSSR count). The minimum absolute atomic E-state index is 0.146. The summed E-state index contributed by atoms with van der Waals surface area (Å²) in [4.78, 5) is 24.9. The molecule has 0 aromatic heterocycles. The van der Waals surface area contributed by atoms with Gasteiger partial charge in [0.25, 0.3) is 11.8 Å². The van der Waals surface area contributed by atoms with E-state index in [0.29, 0.717) is 5.56 Å². The van der Waals surface area contributed by atoms with Gasteiger partial charge in [0, 0.05) is 28.9 Å². The summed E-state index contributed by atoms with van der Waals surface area (Å²) >= 11 is 0. The zero-order valence-corrected chi connectivity index (χ0v) is 14.9. The van der Waals surface area contributed by atoms with Gasteiger partial charge in [-0.15, -0.1) is 0 Å². The van der Waals surface area contributed by atoms with Gasteiger partial charge in [-0.3, -0.25) is 9.59 Å². The van der Waals surface area contributed by atoms with Gasteiger partial charge in [0.15, 0.2) is 11.6 Å². The van der Waals surface area contributed by atoms with Crippen LogP contribution in [-0.4, -0.2) is 17.9 Å². The largest absolute Gasteiger partial charge is 0.349 e. The second-order valence-corrected chi connectivity index (χ2v) is 6.83. The minimum atomic E-state index is -1.04. The molecule has 1 saturated carbocycles. The van der Waals surface area contributed by atoms with Crippen molar-refractivity contribution in [1.29, 1.82) is 0 Å². The van der Waals surface area contributed by atoms with E-state index in [1.807, 2.05) is 0 Å². The van der Waals surface area contributed by atoms with E-state index >= 15 is 0 Å². The fourth-order valence-electron chi connectivity index (χ4n) is 3.27. The van der Waals surface area contributed by atoms with Gasteiger partial charge in [0.2, 0.25) is 0 Å². The van der Waals surface area contributed by atoms with Gasteiger partial charge in [-0.05, 0) is 43.2 Å². The molecule has 0 aliphatic heterocycles. The second kappa shape index (κ2) is 8.75. The first-order chi connectivity index (χ1) is 13.0. The fourth-order valence-corrected chi connectivity index (χ4v) is 3.27. The van der Waals surface area contributed by atoms with Gasteiger partial charge in [-0.2, -0.15) is 0 Å². The molecule has 0 atom stereocenters. The molecular weight excluding hydrogens is 350 g/mol. The van der Waals surface area contributed by atoms with Gasteiger partial charge in [-0.25, -0.2) is 8.78 Å². The fraction of sp³-hybridized carbons (Fsp3) is 0.333. The number of amides is 2. The highest BCUT2D eigenvalue weighted by molar-refractivity contribution is 6.06. The maximum atomic E-state index is 13.3. The number of halogens is 2. The van der Waals surface area contributed by atoms with Crippen LogP contribution in [0.5, 0.6) is 0 Å². The molecule has 1 fully saturated rings. The number of benzene rings is 2. The standard InChI is InChI=1S/C21H22F2N2O2/c22-18-11-10-17(13-19(18)23)25-21(27)15-7-5-6-14(12-15)20(26)24-16-8-3-1-2-4-9-16/h5-7,10-13,16H,1-4,8-9H2,(H,24,26)(H,25,27). The lowest BCUT2D eigenvalue weighted by atomic mass is 10.1. The van der Waals surface area contributed by atoms with Crippen LogP contribution in [0.4, 0.5) is 14.5 Å². The van der Waals surface area contributed by atoms with E-state index < -0.39 is 17.5 Å². The van der Waals surface area contributed by atoms with Gasteiger partial charge < -0.3 is 10.6 Å². The predicted octanol–water partition coefficient (Wildman–Crippen LogP) is 4.67. The van der Waals surface area contributed by atoms with Crippen molar-refractivity contribution in [2.75, 3.05) is 5.32 Å². The van der Waals surface area contributed by atoms with E-state index in [1.165, 1.54) is 25.0 Å². The maximum absolute atomic E-state index is 13.3. The molecule has 142 valence electrons. The van der Waals surface area contributed by atoms with Crippen LogP contribution in [0.1, 0.15) is 59.2 Å². The normalized spacial score (nSPS) is 15.0. The van der Waals surface area contributed by atoms with Crippen LogP contribution in [0.25, 0.3) is 0 Å². The first-order valence-electron chi connectivity index (χ1n) is 9.20. The Kier molecular flexibility index (Phi) is 6.16. The van der Waals surface area contributed by atoms with Gasteiger partial charge in [0.05, 0.1) is 0 Å². The number of anilines is 1. The molecule has 6 heteroatoms. The average Bonchev–Trinajstić information content (AvgIpc) is 2.93. The topological polar surface area (TPSA) is 58.2 Å². The van der Waals surface area contributed by atoms with Crippen LogP contribution < -0.4 is 10.6 Å². The summed E-state index contributed by atoms with van der Waals surface area (Å²) < 4.78 is 26.3. The van der Waals surface area contributed by atoms with E-state index in [2.05, 4.69) is 10.6 Å². The monoisotopic (exact) mass is 372 g/mol. The lowest BCUT2D eigenvalue weighted by Gasteiger charge is -2.16. The zero-order valence-electron chi connectivity index (χ0n) is 14.9. The number of rotatable bonds is 4. The Hall–Kier alpha value is -2.76. The number of carbonyl (C=O) groups is 2. The quantitative estimate of drug-likeness (QED) is 0.767. The number of hydrogen-bond acceptors (Lipinski definition) is 2. The SMILES string of the molecule is O=C(Nc1ccc(F)c(F)c1)c1cccc(C(=O)NC2CCCCCC2)c1. The smallest absolute Gasteiger partial charge is 0.255 e. The van der Waals surface area contributed by atoms with Gasteiger partial charge in [-0.1, -0.05) is 31.7 Å². The lowest BCUT2D eigenvalue weighted by Crippen LogP contribution is -2.34. The third kappa shape index (κ3) is 5.12.